The Hall–Kier alpha value is -3.32. The molecule has 1 saturated heterocycles. The SMILES string of the molecule is COc1ccc(C[C@H](N)C(=O)N[C@H]2[C@@H](O)[C@@H](n3cnc4c(N(C)C)ncnc43)O[C@H]2CO)cc1. The van der Waals surface area contributed by atoms with E-state index in [1.54, 1.807) is 28.7 Å². The minimum Gasteiger partial charge on any atom is -0.497 e. The minimum absolute atomic E-state index is 0.295. The Balaban J connectivity index is 1.49. The number of hydrogen-bond donors (Lipinski definition) is 4. The summed E-state index contributed by atoms with van der Waals surface area (Å²) in [4.78, 5) is 27.5. The van der Waals surface area contributed by atoms with Gasteiger partial charge in [0.15, 0.2) is 23.2 Å². The molecule has 34 heavy (non-hydrogen) atoms. The summed E-state index contributed by atoms with van der Waals surface area (Å²) in [5.74, 6) is 0.861. The van der Waals surface area contributed by atoms with Crippen molar-refractivity contribution in [1.29, 1.82) is 0 Å². The summed E-state index contributed by atoms with van der Waals surface area (Å²) < 4.78 is 12.6. The zero-order valence-corrected chi connectivity index (χ0v) is 19.2. The van der Waals surface area contributed by atoms with E-state index in [-0.39, 0.29) is 0 Å². The Bertz CT molecular complexity index is 1140. The summed E-state index contributed by atoms with van der Waals surface area (Å²) in [5, 5.41) is 23.6. The second-order valence-corrected chi connectivity index (χ2v) is 8.35. The van der Waals surface area contributed by atoms with Gasteiger partial charge in [-0.3, -0.25) is 9.36 Å². The van der Waals surface area contributed by atoms with Crippen molar-refractivity contribution in [3.8, 4) is 5.75 Å². The van der Waals surface area contributed by atoms with Gasteiger partial charge in [-0.05, 0) is 24.1 Å². The molecule has 12 heteroatoms. The maximum absolute atomic E-state index is 12.8. The number of aromatic nitrogens is 4. The fourth-order valence-electron chi connectivity index (χ4n) is 4.04. The first-order valence-corrected chi connectivity index (χ1v) is 10.8. The van der Waals surface area contributed by atoms with Gasteiger partial charge in [-0.1, -0.05) is 12.1 Å². The normalized spacial score (nSPS) is 23.1. The second kappa shape index (κ2) is 9.89. The number of methoxy groups -OCH3 is 1. The highest BCUT2D eigenvalue weighted by molar-refractivity contribution is 5.83. The highest BCUT2D eigenvalue weighted by Gasteiger charge is 2.46. The molecule has 2 aromatic heterocycles. The first kappa shape index (κ1) is 23.8. The summed E-state index contributed by atoms with van der Waals surface area (Å²) >= 11 is 0. The van der Waals surface area contributed by atoms with Gasteiger partial charge in [-0.2, -0.15) is 0 Å². The van der Waals surface area contributed by atoms with E-state index in [0.29, 0.717) is 29.2 Å². The Morgan fingerprint density at radius 2 is 2.03 bits per heavy atom. The number of nitrogens with zero attached hydrogens (tertiary/aromatic N) is 5. The molecule has 1 aliphatic heterocycles. The van der Waals surface area contributed by atoms with Crippen LogP contribution in [-0.4, -0.2) is 87.7 Å². The number of rotatable bonds is 8. The lowest BCUT2D eigenvalue weighted by atomic mass is 10.0. The molecule has 3 aromatic rings. The maximum atomic E-state index is 12.8. The van der Waals surface area contributed by atoms with E-state index in [4.69, 9.17) is 15.2 Å². The molecule has 4 rings (SSSR count). The number of carbonyl (C=O) groups is 1. The van der Waals surface area contributed by atoms with E-state index < -0.39 is 43.0 Å². The largest absolute Gasteiger partial charge is 0.497 e. The van der Waals surface area contributed by atoms with Gasteiger partial charge in [0.2, 0.25) is 5.91 Å². The highest BCUT2D eigenvalue weighted by Crippen LogP contribution is 2.32. The van der Waals surface area contributed by atoms with E-state index in [1.165, 1.54) is 12.7 Å². The molecule has 5 N–H and O–H groups in total. The number of aliphatic hydroxyl groups is 2. The Kier molecular flexibility index (Phi) is 6.93. The number of carbonyl (C=O) groups excluding carboxylic acids is 1. The molecule has 0 unspecified atom stereocenters. The van der Waals surface area contributed by atoms with Crippen LogP contribution < -0.4 is 20.7 Å². The fourth-order valence-corrected chi connectivity index (χ4v) is 4.04. The average molecular weight is 472 g/mol. The van der Waals surface area contributed by atoms with Crippen LogP contribution in [0.25, 0.3) is 11.2 Å². The standard InChI is InChI=1S/C22H29N7O5/c1-28(2)19-17-20(25-10-24-19)29(11-26-17)22-18(31)16(15(9-30)34-22)27-21(32)14(23)8-12-4-6-13(33-3)7-5-12/h4-7,10-11,14-16,18,22,30-31H,8-9,23H2,1-3H3,(H,27,32)/t14-,15-,16+,18+,22-/m0/s1. The molecule has 182 valence electrons. The number of imidazole rings is 1. The van der Waals surface area contributed by atoms with E-state index in [1.807, 2.05) is 26.2 Å². The van der Waals surface area contributed by atoms with Gasteiger partial charge in [0.25, 0.3) is 0 Å². The van der Waals surface area contributed by atoms with Crippen molar-refractivity contribution in [3.63, 3.8) is 0 Å². The third-order valence-electron chi connectivity index (χ3n) is 5.85. The average Bonchev–Trinajstić information content (AvgIpc) is 3.40. The summed E-state index contributed by atoms with van der Waals surface area (Å²) in [7, 11) is 5.25. The molecule has 0 aliphatic carbocycles. The number of anilines is 1. The van der Waals surface area contributed by atoms with Crippen molar-refractivity contribution in [1.82, 2.24) is 24.8 Å². The number of hydrogen-bond acceptors (Lipinski definition) is 10. The van der Waals surface area contributed by atoms with Crippen LogP contribution in [0, 0.1) is 0 Å². The Morgan fingerprint density at radius 3 is 2.68 bits per heavy atom. The van der Waals surface area contributed by atoms with Crippen LogP contribution in [0.15, 0.2) is 36.9 Å². The summed E-state index contributed by atoms with van der Waals surface area (Å²) in [5.41, 5.74) is 7.98. The number of benzene rings is 1. The van der Waals surface area contributed by atoms with E-state index in [2.05, 4.69) is 20.3 Å². The first-order valence-electron chi connectivity index (χ1n) is 10.8. The fraction of sp³-hybridized carbons (Fsp3) is 0.455. The van der Waals surface area contributed by atoms with E-state index in [9.17, 15) is 15.0 Å². The molecule has 3 heterocycles. The van der Waals surface area contributed by atoms with E-state index >= 15 is 0 Å². The number of fused-ring (bicyclic) bond motifs is 1. The van der Waals surface area contributed by atoms with Crippen LogP contribution in [0.3, 0.4) is 0 Å². The monoisotopic (exact) mass is 471 g/mol. The summed E-state index contributed by atoms with van der Waals surface area (Å²) in [6, 6.07) is 5.52. The minimum atomic E-state index is -1.18. The molecular weight excluding hydrogens is 442 g/mol. The van der Waals surface area contributed by atoms with Gasteiger partial charge >= 0.3 is 0 Å². The lowest BCUT2D eigenvalue weighted by molar-refractivity contribution is -0.124. The third kappa shape index (κ3) is 4.53. The lowest BCUT2D eigenvalue weighted by Crippen LogP contribution is -2.53. The van der Waals surface area contributed by atoms with Crippen molar-refractivity contribution in [3.05, 3.63) is 42.5 Å². The molecule has 12 nitrogen and oxygen atoms in total. The molecule has 5 atom stereocenters. The lowest BCUT2D eigenvalue weighted by Gasteiger charge is -2.23. The zero-order valence-electron chi connectivity index (χ0n) is 19.2. The molecule has 1 aliphatic rings. The van der Waals surface area contributed by atoms with Gasteiger partial charge in [0.1, 0.15) is 24.3 Å². The molecule has 1 aromatic carbocycles. The Morgan fingerprint density at radius 1 is 1.29 bits per heavy atom. The van der Waals surface area contributed by atoms with Crippen LogP contribution in [-0.2, 0) is 16.0 Å². The molecular formula is C22H29N7O5. The molecule has 0 radical (unpaired) electrons. The Labute approximate surface area is 196 Å². The van der Waals surface area contributed by atoms with Crippen LogP contribution in [0.1, 0.15) is 11.8 Å². The third-order valence-corrected chi connectivity index (χ3v) is 5.85. The number of aliphatic hydroxyl groups excluding tert-OH is 2. The van der Waals surface area contributed by atoms with Gasteiger partial charge in [-0.25, -0.2) is 15.0 Å². The number of nitrogens with two attached hydrogens (primary N) is 1. The summed E-state index contributed by atoms with van der Waals surface area (Å²) in [6.07, 6.45) is 0.250. The van der Waals surface area contributed by atoms with Gasteiger partial charge in [0, 0.05) is 14.1 Å². The number of amides is 1. The molecule has 0 saturated carbocycles. The van der Waals surface area contributed by atoms with Crippen LogP contribution in [0.5, 0.6) is 5.75 Å². The second-order valence-electron chi connectivity index (χ2n) is 8.35. The van der Waals surface area contributed by atoms with Crippen LogP contribution in [0.4, 0.5) is 5.82 Å². The number of ether oxygens (including phenoxy) is 2. The van der Waals surface area contributed by atoms with Crippen molar-refractivity contribution in [2.24, 2.45) is 5.73 Å². The van der Waals surface area contributed by atoms with Crippen molar-refractivity contribution >= 4 is 22.9 Å². The van der Waals surface area contributed by atoms with Gasteiger partial charge < -0.3 is 35.6 Å². The highest BCUT2D eigenvalue weighted by atomic mass is 16.5. The van der Waals surface area contributed by atoms with Crippen molar-refractivity contribution in [2.45, 2.75) is 36.9 Å². The molecule has 1 fully saturated rings. The predicted octanol–water partition coefficient (Wildman–Crippen LogP) is -0.794. The van der Waals surface area contributed by atoms with Gasteiger partial charge in [-0.15, -0.1) is 0 Å². The topological polar surface area (TPSA) is 161 Å². The van der Waals surface area contributed by atoms with Crippen LogP contribution in [0.2, 0.25) is 0 Å². The smallest absolute Gasteiger partial charge is 0.237 e. The van der Waals surface area contributed by atoms with Crippen LogP contribution >= 0.6 is 0 Å². The van der Waals surface area contributed by atoms with E-state index in [0.717, 1.165) is 5.56 Å². The van der Waals surface area contributed by atoms with Gasteiger partial charge in [0.05, 0.1) is 32.1 Å². The summed E-state index contributed by atoms with van der Waals surface area (Å²) in [6.45, 7) is -0.406. The van der Waals surface area contributed by atoms with Crippen molar-refractivity contribution in [2.75, 3.05) is 32.7 Å². The maximum Gasteiger partial charge on any atom is 0.237 e. The molecule has 0 spiro atoms. The molecule has 1 amide bonds. The van der Waals surface area contributed by atoms with Crippen molar-refractivity contribution < 1.29 is 24.5 Å². The predicted molar refractivity (Wildman–Crippen MR) is 123 cm³/mol. The quantitative estimate of drug-likeness (QED) is 0.328. The number of nitrogens with one attached hydrogen (secondary N) is 1. The first-order chi connectivity index (χ1) is 16.3. The molecule has 0 bridgehead atoms. The zero-order chi connectivity index (χ0) is 24.4.